The molecule has 1 saturated heterocycles. The van der Waals surface area contributed by atoms with Gasteiger partial charge in [0.15, 0.2) is 0 Å². The number of hydrogen-bond acceptors (Lipinski definition) is 4. The molecular formula is C29H37N3O3. The number of hydrogen-bond donors (Lipinski definition) is 3. The third-order valence-electron chi connectivity index (χ3n) is 10.0. The Kier molecular flexibility index (Phi) is 5.19. The fourth-order valence-electron chi connectivity index (χ4n) is 8.68. The van der Waals surface area contributed by atoms with Crippen molar-refractivity contribution < 1.29 is 9.90 Å². The Bertz CT molecular complexity index is 1220. The molecule has 186 valence electrons. The first-order chi connectivity index (χ1) is 16.7. The molecule has 1 amide bonds. The predicted octanol–water partition coefficient (Wildman–Crippen LogP) is 3.84. The third kappa shape index (κ3) is 3.40. The summed E-state index contributed by atoms with van der Waals surface area (Å²) in [6, 6.07) is 11.1. The number of nitrogens with one attached hydrogen (secondary N) is 2. The summed E-state index contributed by atoms with van der Waals surface area (Å²) >= 11 is 0. The number of pyridine rings is 1. The summed E-state index contributed by atoms with van der Waals surface area (Å²) in [7, 11) is 0. The molecule has 3 fully saturated rings. The maximum Gasteiger partial charge on any atom is 0.268 e. The molecule has 0 spiro atoms. The number of phenolic OH excluding ortho intramolecular Hbond substituents is 1. The summed E-state index contributed by atoms with van der Waals surface area (Å²) in [6.07, 6.45) is 5.91. The van der Waals surface area contributed by atoms with Crippen molar-refractivity contribution in [2.24, 2.45) is 23.2 Å². The molecular weight excluding hydrogens is 438 g/mol. The zero-order valence-electron chi connectivity index (χ0n) is 21.0. The van der Waals surface area contributed by atoms with Crippen LogP contribution < -0.4 is 10.9 Å². The van der Waals surface area contributed by atoms with Crippen LogP contribution in [0.2, 0.25) is 0 Å². The summed E-state index contributed by atoms with van der Waals surface area (Å²) in [6.45, 7) is 9.24. The molecule has 2 heterocycles. The largest absolute Gasteiger partial charge is 0.508 e. The molecule has 6 heteroatoms. The zero-order chi connectivity index (χ0) is 24.5. The van der Waals surface area contributed by atoms with E-state index < -0.39 is 0 Å². The van der Waals surface area contributed by atoms with Crippen LogP contribution in [-0.4, -0.2) is 46.1 Å². The quantitative estimate of drug-likeness (QED) is 0.613. The second kappa shape index (κ2) is 7.95. The van der Waals surface area contributed by atoms with Crippen LogP contribution in [0.15, 0.2) is 41.2 Å². The topological polar surface area (TPSA) is 85.4 Å². The van der Waals surface area contributed by atoms with E-state index in [1.54, 1.807) is 12.1 Å². The standard InChI is InChI=1S/C29H37N3O3/c1-17-15-28(3)24-13-20-9-10-21(33)14-22(20)29(28,11-12-32(24)16-19-7-8-19)26(17)18(2)30-27(35)23-5-4-6-25(34)31-23/h4-6,9-10,14,17-19,24,26,33H,7-8,11-13,15-16H2,1-3H3,(H,30,35)(H,31,34)/t17-,18?,24?,26?,28?,29?/m0/s1. The van der Waals surface area contributed by atoms with Gasteiger partial charge in [-0.2, -0.15) is 0 Å². The van der Waals surface area contributed by atoms with Crippen molar-refractivity contribution in [2.75, 3.05) is 13.1 Å². The highest BCUT2D eigenvalue weighted by atomic mass is 16.3. The first kappa shape index (κ1) is 22.8. The first-order valence-corrected chi connectivity index (χ1v) is 13.3. The van der Waals surface area contributed by atoms with Gasteiger partial charge in [-0.05, 0) is 98.1 Å². The second-order valence-corrected chi connectivity index (χ2v) is 12.0. The number of aromatic nitrogens is 1. The number of rotatable bonds is 5. The number of aromatic amines is 1. The number of phenols is 1. The number of aromatic hydroxyl groups is 1. The van der Waals surface area contributed by atoms with Crippen LogP contribution in [0.25, 0.3) is 0 Å². The van der Waals surface area contributed by atoms with E-state index in [0.717, 1.165) is 31.7 Å². The van der Waals surface area contributed by atoms with Gasteiger partial charge in [-0.25, -0.2) is 0 Å². The zero-order valence-corrected chi connectivity index (χ0v) is 21.0. The molecule has 2 saturated carbocycles. The van der Waals surface area contributed by atoms with Gasteiger partial charge in [-0.3, -0.25) is 14.5 Å². The fourth-order valence-corrected chi connectivity index (χ4v) is 8.68. The van der Waals surface area contributed by atoms with E-state index in [2.05, 4.69) is 42.0 Å². The molecule has 6 atom stereocenters. The minimum absolute atomic E-state index is 0.0745. The van der Waals surface area contributed by atoms with Gasteiger partial charge in [0.1, 0.15) is 11.4 Å². The lowest BCUT2D eigenvalue weighted by atomic mass is 9.48. The normalized spacial score (nSPS) is 34.7. The molecule has 1 aliphatic heterocycles. The van der Waals surface area contributed by atoms with Gasteiger partial charge in [0, 0.05) is 30.1 Å². The van der Waals surface area contributed by atoms with Crippen molar-refractivity contribution in [1.82, 2.24) is 15.2 Å². The number of amides is 1. The molecule has 2 bridgehead atoms. The molecule has 6 rings (SSSR count). The lowest BCUT2D eigenvalue weighted by Crippen LogP contribution is -2.67. The molecule has 3 N–H and O–H groups in total. The van der Waals surface area contributed by atoms with Gasteiger partial charge >= 0.3 is 0 Å². The molecule has 3 aliphatic carbocycles. The summed E-state index contributed by atoms with van der Waals surface area (Å²) in [4.78, 5) is 30.4. The lowest BCUT2D eigenvalue weighted by molar-refractivity contribution is -0.0581. The SMILES string of the molecule is CC(NC(=O)c1cccc(=O)[nH]1)C1[C@@H](C)CC2(C)C3Cc4ccc(O)cc4C12CCN3CC1CC1. The van der Waals surface area contributed by atoms with Crippen LogP contribution in [0.4, 0.5) is 0 Å². The van der Waals surface area contributed by atoms with Gasteiger partial charge in [-0.1, -0.05) is 26.0 Å². The molecule has 0 radical (unpaired) electrons. The minimum Gasteiger partial charge on any atom is -0.508 e. The number of fused-ring (bicyclic) bond motifs is 1. The van der Waals surface area contributed by atoms with Gasteiger partial charge in [0.25, 0.3) is 5.91 Å². The maximum absolute atomic E-state index is 13.1. The monoisotopic (exact) mass is 475 g/mol. The van der Waals surface area contributed by atoms with Crippen LogP contribution in [0, 0.1) is 23.2 Å². The van der Waals surface area contributed by atoms with Gasteiger partial charge in [0.05, 0.1) is 0 Å². The number of carbonyl (C=O) groups excluding carboxylic acids is 1. The Morgan fingerprint density at radius 2 is 2.09 bits per heavy atom. The predicted molar refractivity (Wildman–Crippen MR) is 136 cm³/mol. The van der Waals surface area contributed by atoms with Crippen molar-refractivity contribution in [3.05, 3.63) is 63.6 Å². The summed E-state index contributed by atoms with van der Waals surface area (Å²) in [5, 5.41) is 13.8. The van der Waals surface area contributed by atoms with E-state index in [1.165, 1.54) is 36.6 Å². The number of likely N-dealkylation sites (tertiary alicyclic amines) is 1. The molecule has 1 aromatic carbocycles. The molecule has 5 unspecified atom stereocenters. The smallest absolute Gasteiger partial charge is 0.268 e. The number of benzene rings is 1. The Hall–Kier alpha value is -2.60. The Labute approximate surface area is 207 Å². The number of piperidine rings is 1. The van der Waals surface area contributed by atoms with E-state index in [1.807, 2.05) is 12.1 Å². The van der Waals surface area contributed by atoms with E-state index in [0.29, 0.717) is 23.4 Å². The minimum atomic E-state index is -0.270. The van der Waals surface area contributed by atoms with Crippen molar-refractivity contribution in [3.63, 3.8) is 0 Å². The van der Waals surface area contributed by atoms with Crippen LogP contribution in [0.5, 0.6) is 5.75 Å². The molecule has 2 aromatic rings. The Balaban J connectivity index is 1.41. The number of nitrogens with zero attached hydrogens (tertiary/aromatic N) is 1. The average Bonchev–Trinajstić information content (AvgIpc) is 3.57. The van der Waals surface area contributed by atoms with Gasteiger partial charge in [-0.15, -0.1) is 0 Å². The summed E-state index contributed by atoms with van der Waals surface area (Å²) in [5.74, 6) is 1.60. The fraction of sp³-hybridized carbons (Fsp3) is 0.586. The molecule has 35 heavy (non-hydrogen) atoms. The molecule has 6 nitrogen and oxygen atoms in total. The van der Waals surface area contributed by atoms with Crippen molar-refractivity contribution in [2.45, 2.75) is 70.4 Å². The van der Waals surface area contributed by atoms with Gasteiger partial charge < -0.3 is 15.4 Å². The highest BCUT2D eigenvalue weighted by Gasteiger charge is 2.69. The Morgan fingerprint density at radius 3 is 2.83 bits per heavy atom. The summed E-state index contributed by atoms with van der Waals surface area (Å²) in [5.41, 5.74) is 2.65. The van der Waals surface area contributed by atoms with Crippen LogP contribution in [-0.2, 0) is 11.8 Å². The van der Waals surface area contributed by atoms with Crippen LogP contribution >= 0.6 is 0 Å². The van der Waals surface area contributed by atoms with Crippen molar-refractivity contribution in [3.8, 4) is 5.75 Å². The average molecular weight is 476 g/mol. The van der Waals surface area contributed by atoms with Gasteiger partial charge in [0.2, 0.25) is 5.56 Å². The molecule has 1 aromatic heterocycles. The van der Waals surface area contributed by atoms with E-state index >= 15 is 0 Å². The lowest BCUT2D eigenvalue weighted by Gasteiger charge is -2.63. The number of H-pyrrole nitrogens is 1. The third-order valence-corrected chi connectivity index (χ3v) is 10.0. The summed E-state index contributed by atoms with van der Waals surface area (Å²) < 4.78 is 0. The highest BCUT2D eigenvalue weighted by molar-refractivity contribution is 5.92. The highest BCUT2D eigenvalue weighted by Crippen LogP contribution is 2.69. The maximum atomic E-state index is 13.1. The van der Waals surface area contributed by atoms with Crippen LogP contribution in [0.3, 0.4) is 0 Å². The van der Waals surface area contributed by atoms with Crippen molar-refractivity contribution in [1.29, 1.82) is 0 Å². The van der Waals surface area contributed by atoms with Crippen LogP contribution in [0.1, 0.15) is 68.1 Å². The first-order valence-electron chi connectivity index (χ1n) is 13.3. The second-order valence-electron chi connectivity index (χ2n) is 12.0. The van der Waals surface area contributed by atoms with E-state index in [-0.39, 0.29) is 34.3 Å². The van der Waals surface area contributed by atoms with Crippen molar-refractivity contribution >= 4 is 5.91 Å². The number of carbonyl (C=O) groups is 1. The molecule has 4 aliphatic rings. The van der Waals surface area contributed by atoms with E-state index in [9.17, 15) is 14.7 Å². The Morgan fingerprint density at radius 1 is 1.29 bits per heavy atom. The van der Waals surface area contributed by atoms with E-state index in [4.69, 9.17) is 0 Å².